The van der Waals surface area contributed by atoms with E-state index in [4.69, 9.17) is 4.74 Å². The van der Waals surface area contributed by atoms with Gasteiger partial charge in [-0.25, -0.2) is 0 Å². The zero-order valence-corrected chi connectivity index (χ0v) is 12.2. The summed E-state index contributed by atoms with van der Waals surface area (Å²) in [7, 11) is 1.62. The van der Waals surface area contributed by atoms with Gasteiger partial charge < -0.3 is 9.72 Å². The van der Waals surface area contributed by atoms with Crippen molar-refractivity contribution in [1.29, 1.82) is 0 Å². The zero-order valence-electron chi connectivity index (χ0n) is 10.6. The Morgan fingerprint density at radius 2 is 1.89 bits per heavy atom. The highest BCUT2D eigenvalue weighted by atomic mass is 79.9. The molecule has 1 heterocycles. The van der Waals surface area contributed by atoms with Crippen molar-refractivity contribution in [2.45, 2.75) is 6.92 Å². The maximum atomic E-state index is 12.1. The van der Waals surface area contributed by atoms with E-state index >= 15 is 0 Å². The molecule has 0 amide bonds. The molecule has 1 aromatic heterocycles. The van der Waals surface area contributed by atoms with Crippen LogP contribution in [0, 0.1) is 6.92 Å². The Labute approximate surface area is 118 Å². The fourth-order valence-electron chi connectivity index (χ4n) is 2.31. The lowest BCUT2D eigenvalue weighted by Crippen LogP contribution is -2.06. The second-order valence-electron chi connectivity index (χ2n) is 4.54. The van der Waals surface area contributed by atoms with E-state index < -0.39 is 0 Å². The minimum absolute atomic E-state index is 0.0866. The van der Waals surface area contributed by atoms with Crippen LogP contribution in [-0.4, -0.2) is 12.1 Å². The third-order valence-corrected chi connectivity index (χ3v) is 3.87. The number of benzene rings is 2. The van der Waals surface area contributed by atoms with Crippen LogP contribution in [0.1, 0.15) is 5.56 Å². The predicted octanol–water partition coefficient (Wildman–Crippen LogP) is 3.76. The number of nitrogens with one attached hydrogen (secondary N) is 1. The smallest absolute Gasteiger partial charge is 0.256 e. The molecule has 0 saturated heterocycles. The molecule has 3 rings (SSSR count). The first-order valence-electron chi connectivity index (χ1n) is 5.90. The van der Waals surface area contributed by atoms with E-state index in [0.717, 1.165) is 32.1 Å². The number of ether oxygens (including phenoxy) is 1. The van der Waals surface area contributed by atoms with E-state index in [-0.39, 0.29) is 5.56 Å². The van der Waals surface area contributed by atoms with Crippen molar-refractivity contribution in [2.75, 3.05) is 7.11 Å². The number of methoxy groups -OCH3 is 1. The van der Waals surface area contributed by atoms with Crippen LogP contribution < -0.4 is 10.3 Å². The van der Waals surface area contributed by atoms with Crippen molar-refractivity contribution >= 4 is 37.6 Å². The first-order chi connectivity index (χ1) is 9.10. The van der Waals surface area contributed by atoms with E-state index in [9.17, 15) is 4.79 Å². The predicted molar refractivity (Wildman–Crippen MR) is 81.1 cm³/mol. The molecule has 0 unspecified atom stereocenters. The highest BCUT2D eigenvalue weighted by Gasteiger charge is 2.09. The van der Waals surface area contributed by atoms with Crippen molar-refractivity contribution in [3.05, 3.63) is 50.7 Å². The lowest BCUT2D eigenvalue weighted by atomic mass is 10.0. The van der Waals surface area contributed by atoms with E-state index in [1.807, 2.05) is 31.2 Å². The molecule has 96 valence electrons. The summed E-state index contributed by atoms with van der Waals surface area (Å²) in [4.78, 5) is 15.1. The number of hydrogen-bond acceptors (Lipinski definition) is 2. The van der Waals surface area contributed by atoms with Gasteiger partial charge in [-0.3, -0.25) is 4.79 Å². The molecule has 19 heavy (non-hydrogen) atoms. The van der Waals surface area contributed by atoms with Gasteiger partial charge in [0, 0.05) is 21.7 Å². The fourth-order valence-corrected chi connectivity index (χ4v) is 2.81. The molecule has 0 saturated carbocycles. The summed E-state index contributed by atoms with van der Waals surface area (Å²) in [5.74, 6) is 0.722. The summed E-state index contributed by atoms with van der Waals surface area (Å²) in [6.07, 6.45) is 0. The molecule has 1 N–H and O–H groups in total. The van der Waals surface area contributed by atoms with Gasteiger partial charge in [0.1, 0.15) is 5.75 Å². The molecule has 0 aliphatic rings. The van der Waals surface area contributed by atoms with Crippen molar-refractivity contribution in [1.82, 2.24) is 4.98 Å². The lowest BCUT2D eigenvalue weighted by Gasteiger charge is -2.08. The van der Waals surface area contributed by atoms with Gasteiger partial charge in [-0.1, -0.05) is 12.1 Å². The Kier molecular flexibility index (Phi) is 2.82. The van der Waals surface area contributed by atoms with Crippen molar-refractivity contribution < 1.29 is 4.74 Å². The van der Waals surface area contributed by atoms with Crippen LogP contribution in [0.2, 0.25) is 0 Å². The highest BCUT2D eigenvalue weighted by molar-refractivity contribution is 9.10. The first-order valence-corrected chi connectivity index (χ1v) is 6.69. The van der Waals surface area contributed by atoms with Crippen LogP contribution >= 0.6 is 15.9 Å². The van der Waals surface area contributed by atoms with Gasteiger partial charge in [-0.2, -0.15) is 0 Å². The quantitative estimate of drug-likeness (QED) is 0.694. The molecule has 3 aromatic rings. The van der Waals surface area contributed by atoms with Crippen molar-refractivity contribution in [2.24, 2.45) is 0 Å². The summed E-state index contributed by atoms with van der Waals surface area (Å²) >= 11 is 3.41. The topological polar surface area (TPSA) is 42.1 Å². The molecule has 0 fully saturated rings. The van der Waals surface area contributed by atoms with Crippen LogP contribution in [0.15, 0.2) is 39.6 Å². The molecule has 0 bridgehead atoms. The molecule has 0 spiro atoms. The summed E-state index contributed by atoms with van der Waals surface area (Å²) in [6.45, 7) is 2.00. The van der Waals surface area contributed by atoms with Crippen LogP contribution in [0.25, 0.3) is 21.7 Å². The number of halogens is 1. The Bertz CT molecular complexity index is 852. The van der Waals surface area contributed by atoms with Gasteiger partial charge in [0.15, 0.2) is 0 Å². The Balaban J connectivity index is 2.55. The van der Waals surface area contributed by atoms with Gasteiger partial charge in [0.25, 0.3) is 5.56 Å². The number of aryl methyl sites for hydroxylation is 1. The van der Waals surface area contributed by atoms with Crippen LogP contribution in [0.5, 0.6) is 5.75 Å². The van der Waals surface area contributed by atoms with E-state index in [0.29, 0.717) is 5.39 Å². The monoisotopic (exact) mass is 317 g/mol. The fraction of sp³-hybridized carbons (Fsp3) is 0.133. The summed E-state index contributed by atoms with van der Waals surface area (Å²) in [6, 6.07) is 9.73. The molecule has 4 heteroatoms. The van der Waals surface area contributed by atoms with Gasteiger partial charge in [0.2, 0.25) is 0 Å². The van der Waals surface area contributed by atoms with Gasteiger partial charge in [0.05, 0.1) is 11.6 Å². The third kappa shape index (κ3) is 1.92. The van der Waals surface area contributed by atoms with Gasteiger partial charge in [-0.15, -0.1) is 0 Å². The van der Waals surface area contributed by atoms with Gasteiger partial charge >= 0.3 is 0 Å². The Hall–Kier alpha value is -1.81. The summed E-state index contributed by atoms with van der Waals surface area (Å²) < 4.78 is 6.08. The number of aromatic nitrogens is 1. The van der Waals surface area contributed by atoms with Crippen molar-refractivity contribution in [3.8, 4) is 5.75 Å². The normalized spacial score (nSPS) is 11.1. The third-order valence-electron chi connectivity index (χ3n) is 3.25. The molecule has 0 aliphatic heterocycles. The maximum Gasteiger partial charge on any atom is 0.256 e. The van der Waals surface area contributed by atoms with E-state index in [1.54, 1.807) is 13.2 Å². The molecule has 0 atom stereocenters. The van der Waals surface area contributed by atoms with Crippen LogP contribution in [0.3, 0.4) is 0 Å². The van der Waals surface area contributed by atoms with Crippen LogP contribution in [-0.2, 0) is 0 Å². The molecule has 0 radical (unpaired) electrons. The molecule has 3 nitrogen and oxygen atoms in total. The van der Waals surface area contributed by atoms with Gasteiger partial charge in [-0.05, 0) is 46.6 Å². The number of aromatic amines is 1. The zero-order chi connectivity index (χ0) is 13.6. The molecular weight excluding hydrogens is 306 g/mol. The van der Waals surface area contributed by atoms with E-state index in [1.165, 1.54) is 0 Å². The number of H-pyrrole nitrogens is 1. The minimum atomic E-state index is -0.0866. The summed E-state index contributed by atoms with van der Waals surface area (Å²) in [5, 5.41) is 2.58. The second kappa shape index (κ2) is 4.38. The number of hydrogen-bond donors (Lipinski definition) is 1. The Morgan fingerprint density at radius 3 is 2.63 bits per heavy atom. The Morgan fingerprint density at radius 1 is 1.11 bits per heavy atom. The number of pyridine rings is 1. The average Bonchev–Trinajstić information content (AvgIpc) is 2.38. The van der Waals surface area contributed by atoms with E-state index in [2.05, 4.69) is 20.9 Å². The molecule has 0 aliphatic carbocycles. The standard InChI is InChI=1S/C15H12BrNO2/c1-8-3-4-9-10-7-14(19-2)12(16)6-11(10)15(18)17-13(9)5-8/h3-7H,1-2H3,(H,17,18). The lowest BCUT2D eigenvalue weighted by molar-refractivity contribution is 0.413. The first kappa shape index (κ1) is 12.2. The second-order valence-corrected chi connectivity index (χ2v) is 5.39. The van der Waals surface area contributed by atoms with Crippen molar-refractivity contribution in [3.63, 3.8) is 0 Å². The molecule has 2 aromatic carbocycles. The molecular formula is C15H12BrNO2. The highest BCUT2D eigenvalue weighted by Crippen LogP contribution is 2.32. The number of rotatable bonds is 1. The minimum Gasteiger partial charge on any atom is -0.496 e. The largest absolute Gasteiger partial charge is 0.496 e. The maximum absolute atomic E-state index is 12.1. The number of fused-ring (bicyclic) bond motifs is 3. The SMILES string of the molecule is COc1cc2c(cc1Br)c(=O)[nH]c1cc(C)ccc12. The average molecular weight is 318 g/mol. The summed E-state index contributed by atoms with van der Waals surface area (Å²) in [5.41, 5.74) is 1.88. The van der Waals surface area contributed by atoms with Crippen LogP contribution in [0.4, 0.5) is 0 Å².